The highest BCUT2D eigenvalue weighted by Gasteiger charge is 2.30. The van der Waals surface area contributed by atoms with Crippen molar-refractivity contribution in [2.75, 3.05) is 14.2 Å². The molecule has 33 heavy (non-hydrogen) atoms. The molecule has 1 unspecified atom stereocenters. The van der Waals surface area contributed by atoms with E-state index >= 15 is 0 Å². The van der Waals surface area contributed by atoms with Crippen LogP contribution in [0.25, 0.3) is 12.2 Å². The second-order valence-corrected chi connectivity index (χ2v) is 9.18. The molecule has 0 saturated heterocycles. The Kier molecular flexibility index (Phi) is 8.95. The van der Waals surface area contributed by atoms with E-state index in [4.69, 9.17) is 18.5 Å². The summed E-state index contributed by atoms with van der Waals surface area (Å²) < 4.78 is 33.9. The lowest BCUT2D eigenvalue weighted by atomic mass is 9.98. The largest absolute Gasteiger partial charge is 0.527 e. The van der Waals surface area contributed by atoms with Gasteiger partial charge in [0.15, 0.2) is 11.5 Å². The van der Waals surface area contributed by atoms with Gasteiger partial charge in [0.1, 0.15) is 5.75 Å². The Morgan fingerprint density at radius 2 is 1.58 bits per heavy atom. The number of hydrogen-bond donors (Lipinski definition) is 3. The van der Waals surface area contributed by atoms with Crippen LogP contribution in [0, 0.1) is 0 Å². The Bertz CT molecular complexity index is 989. The van der Waals surface area contributed by atoms with Crippen LogP contribution in [0.2, 0.25) is 0 Å². The fourth-order valence-corrected chi connectivity index (χ4v) is 4.91. The summed E-state index contributed by atoms with van der Waals surface area (Å²) in [4.78, 5) is 10.3. The molecule has 3 N–H and O–H groups in total. The number of aliphatic hydroxyl groups is 2. The highest BCUT2D eigenvalue weighted by Crippen LogP contribution is 2.49. The number of phosphoric ester groups is 1. The molecule has 2 aromatic rings. The first-order chi connectivity index (χ1) is 15.9. The van der Waals surface area contributed by atoms with Gasteiger partial charge in [0.25, 0.3) is 0 Å². The summed E-state index contributed by atoms with van der Waals surface area (Å²) in [7, 11) is -1.37. The summed E-state index contributed by atoms with van der Waals surface area (Å²) >= 11 is 0. The zero-order valence-corrected chi connectivity index (χ0v) is 19.8. The maximum atomic E-state index is 12.6. The van der Waals surface area contributed by atoms with Crippen molar-refractivity contribution in [3.05, 3.63) is 52.6 Å². The van der Waals surface area contributed by atoms with Gasteiger partial charge in [-0.3, -0.25) is 9.42 Å². The molecule has 8 nitrogen and oxygen atoms in total. The fraction of sp³-hybridized carbons (Fsp3) is 0.417. The lowest BCUT2D eigenvalue weighted by Crippen LogP contribution is -2.16. The third-order valence-corrected chi connectivity index (χ3v) is 6.57. The smallest absolute Gasteiger partial charge is 0.496 e. The van der Waals surface area contributed by atoms with Crippen molar-refractivity contribution in [2.45, 2.75) is 51.4 Å². The van der Waals surface area contributed by atoms with Crippen LogP contribution in [0.1, 0.15) is 54.4 Å². The van der Waals surface area contributed by atoms with Gasteiger partial charge in [0.2, 0.25) is 0 Å². The molecule has 0 heterocycles. The molecule has 0 radical (unpaired) electrons. The summed E-state index contributed by atoms with van der Waals surface area (Å²) in [5.74, 6) is 0.888. The van der Waals surface area contributed by atoms with Gasteiger partial charge < -0.3 is 24.2 Å². The topological polar surface area (TPSA) is 115 Å². The fourth-order valence-electron chi connectivity index (χ4n) is 3.89. The molecule has 1 fully saturated rings. The predicted octanol–water partition coefficient (Wildman–Crippen LogP) is 4.69. The number of benzene rings is 2. The molecule has 1 atom stereocenters. The maximum absolute atomic E-state index is 12.6. The highest BCUT2D eigenvalue weighted by atomic mass is 31.2. The molecule has 3 rings (SSSR count). The Morgan fingerprint density at radius 3 is 2.21 bits per heavy atom. The van der Waals surface area contributed by atoms with Crippen LogP contribution in [0.3, 0.4) is 0 Å². The van der Waals surface area contributed by atoms with Crippen LogP contribution < -0.4 is 14.0 Å². The van der Waals surface area contributed by atoms with Crippen LogP contribution in [0.15, 0.2) is 30.3 Å². The van der Waals surface area contributed by atoms with Crippen LogP contribution >= 0.6 is 7.82 Å². The van der Waals surface area contributed by atoms with Crippen molar-refractivity contribution in [1.82, 2.24) is 0 Å². The Hall–Kier alpha value is -2.35. The number of phosphoric acid groups is 1. The lowest BCUT2D eigenvalue weighted by Gasteiger charge is -2.24. The van der Waals surface area contributed by atoms with E-state index in [0.29, 0.717) is 28.2 Å². The van der Waals surface area contributed by atoms with Gasteiger partial charge in [0, 0.05) is 5.56 Å². The number of methoxy groups -OCH3 is 2. The minimum atomic E-state index is -4.32. The van der Waals surface area contributed by atoms with Gasteiger partial charge in [-0.15, -0.1) is 0 Å². The summed E-state index contributed by atoms with van der Waals surface area (Å²) in [5.41, 5.74) is 2.55. The summed E-state index contributed by atoms with van der Waals surface area (Å²) in [6.07, 6.45) is 7.81. The lowest BCUT2D eigenvalue weighted by molar-refractivity contribution is 0.107. The maximum Gasteiger partial charge on any atom is 0.527 e. The molecule has 1 aliphatic carbocycles. The molecule has 1 aliphatic rings. The zero-order valence-electron chi connectivity index (χ0n) is 18.9. The molecule has 0 amide bonds. The summed E-state index contributed by atoms with van der Waals surface area (Å²) in [6, 6.07) is 8.52. The monoisotopic (exact) mass is 478 g/mol. The first kappa shape index (κ1) is 25.3. The third-order valence-electron chi connectivity index (χ3n) is 5.58. The highest BCUT2D eigenvalue weighted by molar-refractivity contribution is 7.47. The number of rotatable bonds is 10. The summed E-state index contributed by atoms with van der Waals surface area (Å²) in [6.45, 7) is -0.479. The minimum Gasteiger partial charge on any atom is -0.496 e. The average Bonchev–Trinajstić information content (AvgIpc) is 2.82. The zero-order chi connectivity index (χ0) is 23.8. The van der Waals surface area contributed by atoms with Crippen molar-refractivity contribution in [3.8, 4) is 17.2 Å². The van der Waals surface area contributed by atoms with Crippen molar-refractivity contribution in [1.29, 1.82) is 0 Å². The SMILES string of the molecule is COc1ccc(/C=C\c2cc(CO)c(CO)c(OC)c2)cc1OP(=O)(O)OC1CCCCC1. The molecule has 180 valence electrons. The van der Waals surface area contributed by atoms with E-state index in [9.17, 15) is 19.7 Å². The van der Waals surface area contributed by atoms with Crippen LogP contribution in [0.5, 0.6) is 17.2 Å². The Labute approximate surface area is 194 Å². The molecular weight excluding hydrogens is 447 g/mol. The van der Waals surface area contributed by atoms with Crippen LogP contribution in [-0.2, 0) is 22.3 Å². The molecule has 1 saturated carbocycles. The standard InChI is InChI=1S/C24H31O8P/c1-29-22-11-10-17(8-9-18-12-19(15-25)21(16-26)23(14-18)30-2)13-24(22)32-33(27,28)31-20-6-4-3-5-7-20/h8-14,20,25-26H,3-7,15-16H2,1-2H3,(H,27,28)/b9-8-. The summed E-state index contributed by atoms with van der Waals surface area (Å²) in [5, 5.41) is 19.2. The molecule has 0 bridgehead atoms. The van der Waals surface area contributed by atoms with Gasteiger partial charge in [-0.25, -0.2) is 4.57 Å². The number of hydrogen-bond acceptors (Lipinski definition) is 7. The van der Waals surface area contributed by atoms with Crippen LogP contribution in [0.4, 0.5) is 0 Å². The van der Waals surface area contributed by atoms with E-state index in [1.807, 2.05) is 0 Å². The third kappa shape index (κ3) is 6.82. The quantitative estimate of drug-likeness (QED) is 0.333. The van der Waals surface area contributed by atoms with Crippen molar-refractivity contribution in [2.24, 2.45) is 0 Å². The van der Waals surface area contributed by atoms with Crippen LogP contribution in [-0.4, -0.2) is 35.4 Å². The van der Waals surface area contributed by atoms with E-state index in [-0.39, 0.29) is 25.1 Å². The molecule has 0 spiro atoms. The average molecular weight is 478 g/mol. The molecule has 0 aromatic heterocycles. The molecule has 0 aliphatic heterocycles. The van der Waals surface area contributed by atoms with E-state index in [1.54, 1.807) is 42.5 Å². The van der Waals surface area contributed by atoms with Crippen molar-refractivity contribution in [3.63, 3.8) is 0 Å². The van der Waals surface area contributed by atoms with E-state index in [1.165, 1.54) is 14.2 Å². The second-order valence-electron chi connectivity index (χ2n) is 7.85. The Balaban J connectivity index is 1.82. The first-order valence-electron chi connectivity index (χ1n) is 10.9. The molecule has 2 aromatic carbocycles. The van der Waals surface area contributed by atoms with Gasteiger partial charge in [-0.2, -0.15) is 0 Å². The second kappa shape index (κ2) is 11.7. The van der Waals surface area contributed by atoms with Crippen molar-refractivity contribution < 1.29 is 38.2 Å². The van der Waals surface area contributed by atoms with E-state index in [2.05, 4.69) is 0 Å². The minimum absolute atomic E-state index is 0.102. The van der Waals surface area contributed by atoms with Gasteiger partial charge in [-0.05, 0) is 53.8 Å². The van der Waals surface area contributed by atoms with Gasteiger partial charge in [-0.1, -0.05) is 37.5 Å². The predicted molar refractivity (Wildman–Crippen MR) is 125 cm³/mol. The van der Waals surface area contributed by atoms with E-state index < -0.39 is 7.82 Å². The van der Waals surface area contributed by atoms with Gasteiger partial charge in [0.05, 0.1) is 33.5 Å². The first-order valence-corrected chi connectivity index (χ1v) is 12.4. The Morgan fingerprint density at radius 1 is 0.909 bits per heavy atom. The number of ether oxygens (including phenoxy) is 2. The normalized spacial score (nSPS) is 16.5. The number of aliphatic hydroxyl groups excluding tert-OH is 2. The molecule has 9 heteroatoms. The van der Waals surface area contributed by atoms with Gasteiger partial charge >= 0.3 is 7.82 Å². The van der Waals surface area contributed by atoms with E-state index in [0.717, 1.165) is 37.7 Å². The van der Waals surface area contributed by atoms with Crippen molar-refractivity contribution >= 4 is 20.0 Å². The molecular formula is C24H31O8P.